The Balaban J connectivity index is 1.31. The maximum absolute atomic E-state index is 12.7. The van der Waals surface area contributed by atoms with E-state index in [1.165, 1.54) is 0 Å². The van der Waals surface area contributed by atoms with E-state index in [-0.39, 0.29) is 24.8 Å². The number of anilines is 1. The van der Waals surface area contributed by atoms with E-state index in [1.807, 2.05) is 63.4 Å². The third-order valence-electron chi connectivity index (χ3n) is 6.10. The molecule has 34 heavy (non-hydrogen) atoms. The topological polar surface area (TPSA) is 75.2 Å². The lowest BCUT2D eigenvalue weighted by Crippen LogP contribution is -2.50. The van der Waals surface area contributed by atoms with Crippen LogP contribution < -0.4 is 4.90 Å². The fourth-order valence-corrected chi connectivity index (χ4v) is 4.36. The Morgan fingerprint density at radius 3 is 2.35 bits per heavy atom. The normalized spacial score (nSPS) is 18.7. The lowest BCUT2D eigenvalue weighted by molar-refractivity contribution is 0.0240. The molecule has 0 spiro atoms. The second-order valence-corrected chi connectivity index (χ2v) is 9.80. The van der Waals surface area contributed by atoms with Gasteiger partial charge in [0.05, 0.1) is 6.04 Å². The van der Waals surface area contributed by atoms with Gasteiger partial charge in [0.2, 0.25) is 0 Å². The molecule has 1 aromatic heterocycles. The molecule has 2 aliphatic rings. The van der Waals surface area contributed by atoms with E-state index in [0.29, 0.717) is 32.7 Å². The molecular weight excluding hydrogens is 432 g/mol. The summed E-state index contributed by atoms with van der Waals surface area (Å²) in [5.41, 5.74) is 1.50. The molecule has 2 aromatic rings. The van der Waals surface area contributed by atoms with Crippen molar-refractivity contribution in [3.05, 3.63) is 59.8 Å². The fourth-order valence-electron chi connectivity index (χ4n) is 4.36. The molecule has 2 amide bonds. The number of carbonyl (C=O) groups excluding carboxylic acids is 2. The molecule has 4 rings (SSSR count). The maximum atomic E-state index is 12.7. The maximum Gasteiger partial charge on any atom is 0.410 e. The standard InChI is InChI=1S/C26H34N4O4/c1-26(2,3)34-24(31)29-16-14-28(15-17-29)23-12-11-21(18-27-23)22-10-7-13-30(22)25(32)33-19-20-8-5-4-6-9-20/h4-6,8-9,11-12,18,22H,7,10,13-17,19H2,1-3H3/t22-/m1/s1. The molecule has 0 saturated carbocycles. The molecule has 0 radical (unpaired) electrons. The molecule has 8 heteroatoms. The second kappa shape index (κ2) is 10.3. The Morgan fingerprint density at radius 1 is 0.971 bits per heavy atom. The summed E-state index contributed by atoms with van der Waals surface area (Å²) in [5, 5.41) is 0. The highest BCUT2D eigenvalue weighted by Gasteiger charge is 2.32. The van der Waals surface area contributed by atoms with Crippen molar-refractivity contribution in [2.45, 2.75) is 51.9 Å². The summed E-state index contributed by atoms with van der Waals surface area (Å²) < 4.78 is 11.0. The van der Waals surface area contributed by atoms with E-state index < -0.39 is 5.60 Å². The van der Waals surface area contributed by atoms with Crippen LogP contribution in [0, 0.1) is 0 Å². The zero-order valence-corrected chi connectivity index (χ0v) is 20.3. The number of aromatic nitrogens is 1. The molecule has 2 fully saturated rings. The quantitative estimate of drug-likeness (QED) is 0.655. The number of amides is 2. The largest absolute Gasteiger partial charge is 0.445 e. The van der Waals surface area contributed by atoms with Crippen LogP contribution >= 0.6 is 0 Å². The van der Waals surface area contributed by atoms with Crippen LogP contribution in [0.25, 0.3) is 0 Å². The monoisotopic (exact) mass is 466 g/mol. The number of nitrogens with zero attached hydrogens (tertiary/aromatic N) is 4. The minimum Gasteiger partial charge on any atom is -0.445 e. The molecule has 0 unspecified atom stereocenters. The number of rotatable bonds is 4. The number of likely N-dealkylation sites (tertiary alicyclic amines) is 1. The van der Waals surface area contributed by atoms with Gasteiger partial charge in [0, 0.05) is 38.9 Å². The summed E-state index contributed by atoms with van der Waals surface area (Å²) in [6.45, 7) is 9.19. The van der Waals surface area contributed by atoms with Crippen molar-refractivity contribution in [2.24, 2.45) is 0 Å². The average molecular weight is 467 g/mol. The van der Waals surface area contributed by atoms with Gasteiger partial charge in [0.1, 0.15) is 18.0 Å². The van der Waals surface area contributed by atoms with Crippen LogP contribution in [0.5, 0.6) is 0 Å². The first kappa shape index (κ1) is 23.9. The highest BCUT2D eigenvalue weighted by molar-refractivity contribution is 5.69. The van der Waals surface area contributed by atoms with E-state index in [2.05, 4.69) is 16.0 Å². The summed E-state index contributed by atoms with van der Waals surface area (Å²) in [6.07, 6.45) is 3.16. The van der Waals surface area contributed by atoms with Gasteiger partial charge in [-0.25, -0.2) is 14.6 Å². The first-order chi connectivity index (χ1) is 16.3. The van der Waals surface area contributed by atoms with Crippen molar-refractivity contribution in [1.29, 1.82) is 0 Å². The van der Waals surface area contributed by atoms with Gasteiger partial charge in [-0.15, -0.1) is 0 Å². The van der Waals surface area contributed by atoms with Crippen LogP contribution in [0.1, 0.15) is 50.8 Å². The van der Waals surface area contributed by atoms with Gasteiger partial charge < -0.3 is 24.2 Å². The minimum atomic E-state index is -0.492. The molecule has 2 saturated heterocycles. The van der Waals surface area contributed by atoms with Crippen LogP contribution in [-0.4, -0.2) is 65.3 Å². The van der Waals surface area contributed by atoms with Gasteiger partial charge in [-0.3, -0.25) is 0 Å². The summed E-state index contributed by atoms with van der Waals surface area (Å²) in [4.78, 5) is 35.4. The molecule has 1 atom stereocenters. The number of carbonyl (C=O) groups is 2. The Hall–Kier alpha value is -3.29. The van der Waals surface area contributed by atoms with Gasteiger partial charge >= 0.3 is 12.2 Å². The summed E-state index contributed by atoms with van der Waals surface area (Å²) in [6, 6.07) is 13.8. The van der Waals surface area contributed by atoms with E-state index >= 15 is 0 Å². The zero-order valence-electron chi connectivity index (χ0n) is 20.3. The van der Waals surface area contributed by atoms with Crippen molar-refractivity contribution in [3.8, 4) is 0 Å². The molecule has 2 aliphatic heterocycles. The minimum absolute atomic E-state index is 0.0196. The highest BCUT2D eigenvalue weighted by Crippen LogP contribution is 2.33. The molecule has 8 nitrogen and oxygen atoms in total. The average Bonchev–Trinajstić information content (AvgIpc) is 3.32. The first-order valence-electron chi connectivity index (χ1n) is 12.0. The van der Waals surface area contributed by atoms with Crippen molar-refractivity contribution in [2.75, 3.05) is 37.6 Å². The van der Waals surface area contributed by atoms with Gasteiger partial charge in [-0.2, -0.15) is 0 Å². The van der Waals surface area contributed by atoms with Crippen LogP contribution in [0.2, 0.25) is 0 Å². The van der Waals surface area contributed by atoms with Gasteiger partial charge in [0.25, 0.3) is 0 Å². The Labute approximate surface area is 201 Å². The number of hydrogen-bond acceptors (Lipinski definition) is 6. The number of piperazine rings is 1. The predicted octanol–water partition coefficient (Wildman–Crippen LogP) is 4.61. The zero-order chi connectivity index (χ0) is 24.1. The molecule has 0 N–H and O–H groups in total. The van der Waals surface area contributed by atoms with Gasteiger partial charge in [-0.1, -0.05) is 36.4 Å². The Bertz CT molecular complexity index is 967. The summed E-state index contributed by atoms with van der Waals surface area (Å²) in [7, 11) is 0. The lowest BCUT2D eigenvalue weighted by Gasteiger charge is -2.36. The summed E-state index contributed by atoms with van der Waals surface area (Å²) >= 11 is 0. The first-order valence-corrected chi connectivity index (χ1v) is 12.0. The number of benzene rings is 1. The van der Waals surface area contributed by atoms with Gasteiger partial charge in [-0.05, 0) is 50.8 Å². The lowest BCUT2D eigenvalue weighted by atomic mass is 10.1. The molecule has 182 valence electrons. The van der Waals surface area contributed by atoms with Crippen molar-refractivity contribution < 1.29 is 19.1 Å². The predicted molar refractivity (Wildman–Crippen MR) is 130 cm³/mol. The van der Waals surface area contributed by atoms with E-state index in [0.717, 1.165) is 29.8 Å². The SMILES string of the molecule is CC(C)(C)OC(=O)N1CCN(c2ccc([C@H]3CCCN3C(=O)OCc3ccccc3)cn2)CC1. The highest BCUT2D eigenvalue weighted by atomic mass is 16.6. The fraction of sp³-hybridized carbons (Fsp3) is 0.500. The Morgan fingerprint density at radius 2 is 1.71 bits per heavy atom. The van der Waals surface area contributed by atoms with Crippen molar-refractivity contribution in [3.63, 3.8) is 0 Å². The summed E-state index contributed by atoms with van der Waals surface area (Å²) in [5.74, 6) is 0.879. The van der Waals surface area contributed by atoms with E-state index in [9.17, 15) is 9.59 Å². The number of ether oxygens (including phenoxy) is 2. The van der Waals surface area contributed by atoms with Crippen LogP contribution in [0.15, 0.2) is 48.7 Å². The molecule has 1 aromatic carbocycles. The number of hydrogen-bond donors (Lipinski definition) is 0. The third-order valence-corrected chi connectivity index (χ3v) is 6.10. The van der Waals surface area contributed by atoms with Gasteiger partial charge in [0.15, 0.2) is 0 Å². The van der Waals surface area contributed by atoms with Crippen LogP contribution in [-0.2, 0) is 16.1 Å². The smallest absolute Gasteiger partial charge is 0.410 e. The van der Waals surface area contributed by atoms with Crippen molar-refractivity contribution in [1.82, 2.24) is 14.8 Å². The van der Waals surface area contributed by atoms with E-state index in [4.69, 9.17) is 9.47 Å². The Kier molecular flexibility index (Phi) is 7.24. The van der Waals surface area contributed by atoms with Crippen LogP contribution in [0.3, 0.4) is 0 Å². The molecule has 0 bridgehead atoms. The van der Waals surface area contributed by atoms with E-state index in [1.54, 1.807) is 9.80 Å². The molecule has 3 heterocycles. The van der Waals surface area contributed by atoms with Crippen LogP contribution in [0.4, 0.5) is 15.4 Å². The molecular formula is C26H34N4O4. The number of pyridine rings is 1. The second-order valence-electron chi connectivity index (χ2n) is 9.80. The van der Waals surface area contributed by atoms with Crippen molar-refractivity contribution >= 4 is 18.0 Å². The molecule has 0 aliphatic carbocycles. The third kappa shape index (κ3) is 5.98.